The van der Waals surface area contributed by atoms with Crippen molar-refractivity contribution in [1.82, 2.24) is 4.57 Å². The Hall–Kier alpha value is -6.29. The summed E-state index contributed by atoms with van der Waals surface area (Å²) in [6, 6.07) is 67.5. The van der Waals surface area contributed by atoms with Crippen LogP contribution in [-0.4, -0.2) is 4.57 Å². The van der Waals surface area contributed by atoms with E-state index < -0.39 is 0 Å². The fraction of sp³-hybridized carbons (Fsp3) is 0.111. The third-order valence-electron chi connectivity index (χ3n) is 12.6. The molecule has 0 N–H and O–H groups in total. The van der Waals surface area contributed by atoms with Gasteiger partial charge < -0.3 is 9.47 Å². The van der Waals surface area contributed by atoms with Crippen molar-refractivity contribution in [1.29, 1.82) is 0 Å². The molecule has 1 aromatic heterocycles. The highest BCUT2D eigenvalue weighted by atomic mass is 32.2. The van der Waals surface area contributed by atoms with Gasteiger partial charge >= 0.3 is 0 Å². The fourth-order valence-corrected chi connectivity index (χ4v) is 11.1. The summed E-state index contributed by atoms with van der Waals surface area (Å²) >= 11 is 1.89. The number of hydrogen-bond donors (Lipinski definition) is 0. The Bertz CT molecular complexity index is 3040. The summed E-state index contributed by atoms with van der Waals surface area (Å²) in [7, 11) is 0. The van der Waals surface area contributed by atoms with Crippen molar-refractivity contribution in [3.8, 4) is 27.9 Å². The maximum Gasteiger partial charge on any atom is 0.0541 e. The van der Waals surface area contributed by atoms with Crippen molar-refractivity contribution in [3.05, 3.63) is 204 Å². The summed E-state index contributed by atoms with van der Waals surface area (Å²) in [4.78, 5) is 5.10. The number of hydrogen-bond acceptors (Lipinski definition) is 2. The molecule has 0 saturated carbocycles. The Morgan fingerprint density at radius 2 is 1.00 bits per heavy atom. The molecule has 0 amide bonds. The van der Waals surface area contributed by atoms with Crippen LogP contribution in [0.25, 0.3) is 49.7 Å². The van der Waals surface area contributed by atoms with Crippen LogP contribution in [0.15, 0.2) is 192 Å². The van der Waals surface area contributed by atoms with Crippen molar-refractivity contribution in [2.75, 3.05) is 4.90 Å². The predicted molar refractivity (Wildman–Crippen MR) is 241 cm³/mol. The molecule has 2 aliphatic rings. The second-order valence-electron chi connectivity index (χ2n) is 16.6. The minimum absolute atomic E-state index is 0.0833. The van der Waals surface area contributed by atoms with Gasteiger partial charge in [0.1, 0.15) is 0 Å². The highest BCUT2D eigenvalue weighted by molar-refractivity contribution is 7.99. The molecule has 0 unspecified atom stereocenters. The zero-order valence-corrected chi connectivity index (χ0v) is 33.4. The molecule has 0 bridgehead atoms. The molecule has 0 saturated heterocycles. The van der Waals surface area contributed by atoms with Gasteiger partial charge in [-0.05, 0) is 117 Å². The SMILES string of the molecule is CC1(C)c2ccccc2Sc2cc(N(c3ccc(-c4ccc5c(c4)c4ccccc4n5-c4ccccc4)cc3)c3ccc4c(c3)C(C)(C)c3ccccc3-4)ccc21. The predicted octanol–water partition coefficient (Wildman–Crippen LogP) is 15.0. The molecule has 1 aliphatic heterocycles. The third-order valence-corrected chi connectivity index (χ3v) is 13.8. The maximum atomic E-state index is 2.45. The standard InChI is InChI=1S/C54H42N2S/c1-53(2)45-18-10-8-16-41(45)42-29-27-39(33-48(42)53)55(40-28-30-47-52(34-40)57-51-21-13-11-19-46(51)54(47,3)4)38-25-22-35(23-26-38)36-24-31-50-44(32-36)43-17-9-12-20-49(43)56(50)37-14-6-5-7-15-37/h5-34H,1-4H3. The smallest absolute Gasteiger partial charge is 0.0541 e. The molecule has 57 heavy (non-hydrogen) atoms. The van der Waals surface area contributed by atoms with Gasteiger partial charge in [0.25, 0.3) is 0 Å². The molecule has 8 aromatic carbocycles. The van der Waals surface area contributed by atoms with Gasteiger partial charge in [0, 0.05) is 54.1 Å². The van der Waals surface area contributed by atoms with Gasteiger partial charge in [-0.1, -0.05) is 149 Å². The van der Waals surface area contributed by atoms with Crippen molar-refractivity contribution in [2.24, 2.45) is 0 Å². The average Bonchev–Trinajstić information content (AvgIpc) is 3.69. The van der Waals surface area contributed by atoms with E-state index in [1.54, 1.807) is 0 Å². The van der Waals surface area contributed by atoms with E-state index in [2.05, 4.69) is 219 Å². The lowest BCUT2D eigenvalue weighted by Gasteiger charge is -2.36. The topological polar surface area (TPSA) is 8.17 Å². The summed E-state index contributed by atoms with van der Waals surface area (Å²) in [5.41, 5.74) is 17.5. The first-order valence-electron chi connectivity index (χ1n) is 19.9. The van der Waals surface area contributed by atoms with Crippen LogP contribution >= 0.6 is 11.8 Å². The monoisotopic (exact) mass is 750 g/mol. The minimum Gasteiger partial charge on any atom is -0.310 e. The van der Waals surface area contributed by atoms with Crippen LogP contribution in [0.2, 0.25) is 0 Å². The van der Waals surface area contributed by atoms with E-state index >= 15 is 0 Å². The van der Waals surface area contributed by atoms with Crippen molar-refractivity contribution >= 4 is 50.6 Å². The normalized spacial score (nSPS) is 14.5. The van der Waals surface area contributed by atoms with Crippen LogP contribution in [0.3, 0.4) is 0 Å². The van der Waals surface area contributed by atoms with Crippen molar-refractivity contribution in [3.63, 3.8) is 0 Å². The van der Waals surface area contributed by atoms with Crippen LogP contribution in [0.4, 0.5) is 17.1 Å². The molecule has 0 fully saturated rings. The van der Waals surface area contributed by atoms with Crippen LogP contribution in [0, 0.1) is 0 Å². The highest BCUT2D eigenvalue weighted by Crippen LogP contribution is 2.53. The van der Waals surface area contributed by atoms with E-state index in [1.807, 2.05) is 11.8 Å². The number of benzene rings is 8. The first-order chi connectivity index (χ1) is 27.8. The Balaban J connectivity index is 1.03. The molecule has 2 nitrogen and oxygen atoms in total. The largest absolute Gasteiger partial charge is 0.310 e. The lowest BCUT2D eigenvalue weighted by atomic mass is 9.77. The molecule has 0 radical (unpaired) electrons. The molecule has 3 heteroatoms. The average molecular weight is 751 g/mol. The van der Waals surface area contributed by atoms with Gasteiger partial charge in [0.2, 0.25) is 0 Å². The lowest BCUT2D eigenvalue weighted by molar-refractivity contribution is 0.607. The van der Waals surface area contributed by atoms with Crippen molar-refractivity contribution in [2.45, 2.75) is 48.3 Å². The van der Waals surface area contributed by atoms with E-state index in [4.69, 9.17) is 0 Å². The van der Waals surface area contributed by atoms with Gasteiger partial charge in [0.15, 0.2) is 0 Å². The Kier molecular flexibility index (Phi) is 7.52. The van der Waals surface area contributed by atoms with Crippen LogP contribution < -0.4 is 4.90 Å². The van der Waals surface area contributed by atoms with E-state index in [0.29, 0.717) is 0 Å². The molecule has 0 spiro atoms. The second kappa shape index (κ2) is 12.6. The Morgan fingerprint density at radius 3 is 1.84 bits per heavy atom. The van der Waals surface area contributed by atoms with E-state index in [9.17, 15) is 0 Å². The van der Waals surface area contributed by atoms with Gasteiger partial charge in [-0.3, -0.25) is 0 Å². The van der Waals surface area contributed by atoms with E-state index in [-0.39, 0.29) is 10.8 Å². The number of rotatable bonds is 5. The summed E-state index contributed by atoms with van der Waals surface area (Å²) < 4.78 is 2.38. The van der Waals surface area contributed by atoms with Gasteiger partial charge in [-0.15, -0.1) is 0 Å². The molecule has 274 valence electrons. The van der Waals surface area contributed by atoms with E-state index in [1.165, 1.54) is 81.8 Å². The molecule has 2 heterocycles. The number of nitrogens with zero attached hydrogens (tertiary/aromatic N) is 2. The lowest BCUT2D eigenvalue weighted by Crippen LogP contribution is -2.24. The zero-order valence-electron chi connectivity index (χ0n) is 32.6. The first kappa shape index (κ1) is 34.0. The third kappa shape index (κ3) is 5.19. The van der Waals surface area contributed by atoms with Crippen LogP contribution in [0.1, 0.15) is 49.9 Å². The Morgan fingerprint density at radius 1 is 0.404 bits per heavy atom. The number of aromatic nitrogens is 1. The van der Waals surface area contributed by atoms with Gasteiger partial charge in [-0.2, -0.15) is 0 Å². The van der Waals surface area contributed by atoms with Gasteiger partial charge in [0.05, 0.1) is 11.0 Å². The Labute approximate surface area is 339 Å². The zero-order chi connectivity index (χ0) is 38.5. The number of para-hydroxylation sites is 2. The maximum absolute atomic E-state index is 2.45. The van der Waals surface area contributed by atoms with Crippen LogP contribution in [0.5, 0.6) is 0 Å². The van der Waals surface area contributed by atoms with Gasteiger partial charge in [-0.25, -0.2) is 0 Å². The van der Waals surface area contributed by atoms with E-state index in [0.717, 1.165) is 17.1 Å². The number of anilines is 3. The molecular weight excluding hydrogens is 709 g/mol. The summed E-state index contributed by atoms with van der Waals surface area (Å²) in [6.07, 6.45) is 0. The van der Waals surface area contributed by atoms with Crippen LogP contribution in [-0.2, 0) is 10.8 Å². The minimum atomic E-state index is -0.0980. The van der Waals surface area contributed by atoms with Crippen molar-refractivity contribution < 1.29 is 0 Å². The summed E-state index contributed by atoms with van der Waals surface area (Å²) in [5.74, 6) is 0. The molecule has 11 rings (SSSR count). The second-order valence-corrected chi connectivity index (χ2v) is 17.7. The molecular formula is C54H42N2S. The quantitative estimate of drug-likeness (QED) is 0.173. The molecule has 1 aliphatic carbocycles. The summed E-state index contributed by atoms with van der Waals surface area (Å²) in [6.45, 7) is 9.45. The number of fused-ring (bicyclic) bond motifs is 8. The molecule has 0 atom stereocenters. The molecule has 9 aromatic rings. The summed E-state index contributed by atoms with van der Waals surface area (Å²) in [5, 5.41) is 2.52. The highest BCUT2D eigenvalue weighted by Gasteiger charge is 2.36. The fourth-order valence-electron chi connectivity index (χ4n) is 9.68. The first-order valence-corrected chi connectivity index (χ1v) is 20.7.